The molecule has 2 aliphatic heterocycles. The molecule has 0 aliphatic carbocycles. The number of hydrogen-bond acceptors (Lipinski definition) is 4. The lowest BCUT2D eigenvalue weighted by molar-refractivity contribution is -0.190. The minimum absolute atomic E-state index is 0.338. The lowest BCUT2D eigenvalue weighted by atomic mass is 10.0. The fourth-order valence-corrected chi connectivity index (χ4v) is 3.10. The van der Waals surface area contributed by atoms with Crippen molar-refractivity contribution in [1.82, 2.24) is 4.90 Å². The lowest BCUT2D eigenvalue weighted by Crippen LogP contribution is -2.48. The summed E-state index contributed by atoms with van der Waals surface area (Å²) in [7, 11) is 0. The van der Waals surface area contributed by atoms with Crippen molar-refractivity contribution in [2.45, 2.75) is 32.1 Å². The summed E-state index contributed by atoms with van der Waals surface area (Å²) in [6, 6.07) is 8.35. The Morgan fingerprint density at radius 2 is 2.15 bits per heavy atom. The van der Waals surface area contributed by atoms with Gasteiger partial charge in [-0.3, -0.25) is 4.90 Å². The minimum atomic E-state index is -0.338. The van der Waals surface area contributed by atoms with Gasteiger partial charge in [0.25, 0.3) is 0 Å². The van der Waals surface area contributed by atoms with Gasteiger partial charge < -0.3 is 14.2 Å². The number of benzene rings is 1. The van der Waals surface area contributed by atoms with E-state index in [0.29, 0.717) is 6.61 Å². The molecule has 4 heteroatoms. The second-order valence-corrected chi connectivity index (χ2v) is 5.50. The molecular formula is C16H23NO3. The largest absolute Gasteiger partial charge is 0.494 e. The Morgan fingerprint density at radius 1 is 1.30 bits per heavy atom. The first-order valence-corrected chi connectivity index (χ1v) is 7.52. The van der Waals surface area contributed by atoms with Crippen LogP contribution < -0.4 is 4.74 Å². The molecule has 0 bridgehead atoms. The third kappa shape index (κ3) is 3.14. The molecular weight excluding hydrogens is 254 g/mol. The molecule has 0 aromatic heterocycles. The predicted octanol–water partition coefficient (Wildman–Crippen LogP) is 2.42. The molecule has 110 valence electrons. The maximum atomic E-state index is 5.82. The van der Waals surface area contributed by atoms with Crippen molar-refractivity contribution in [1.29, 1.82) is 0 Å². The molecule has 0 saturated carbocycles. The van der Waals surface area contributed by atoms with Crippen molar-refractivity contribution in [3.8, 4) is 5.75 Å². The predicted molar refractivity (Wildman–Crippen MR) is 76.8 cm³/mol. The fourth-order valence-electron chi connectivity index (χ4n) is 3.10. The number of likely N-dealkylation sites (tertiary alicyclic amines) is 1. The van der Waals surface area contributed by atoms with Crippen molar-refractivity contribution < 1.29 is 14.2 Å². The first-order valence-electron chi connectivity index (χ1n) is 7.52. The number of rotatable bonds is 4. The zero-order valence-corrected chi connectivity index (χ0v) is 12.1. The summed E-state index contributed by atoms with van der Waals surface area (Å²) in [4.78, 5) is 2.42. The molecule has 2 fully saturated rings. The van der Waals surface area contributed by atoms with Crippen LogP contribution in [0.3, 0.4) is 0 Å². The maximum absolute atomic E-state index is 5.82. The van der Waals surface area contributed by atoms with Crippen molar-refractivity contribution in [3.63, 3.8) is 0 Å². The zero-order chi connectivity index (χ0) is 13.8. The van der Waals surface area contributed by atoms with E-state index in [1.807, 2.05) is 13.0 Å². The van der Waals surface area contributed by atoms with Crippen LogP contribution in [0.5, 0.6) is 5.75 Å². The highest BCUT2D eigenvalue weighted by molar-refractivity contribution is 5.28. The Kier molecular flexibility index (Phi) is 4.24. The molecule has 2 saturated heterocycles. The van der Waals surface area contributed by atoms with Gasteiger partial charge in [-0.2, -0.15) is 0 Å². The van der Waals surface area contributed by atoms with Crippen molar-refractivity contribution in [2.75, 3.05) is 32.9 Å². The van der Waals surface area contributed by atoms with Gasteiger partial charge in [0, 0.05) is 13.0 Å². The van der Waals surface area contributed by atoms with Crippen molar-refractivity contribution in [3.05, 3.63) is 29.8 Å². The highest BCUT2D eigenvalue weighted by Gasteiger charge is 2.40. The van der Waals surface area contributed by atoms with Crippen molar-refractivity contribution in [2.24, 2.45) is 0 Å². The average molecular weight is 277 g/mol. The second-order valence-electron chi connectivity index (χ2n) is 5.50. The molecule has 4 nitrogen and oxygen atoms in total. The van der Waals surface area contributed by atoms with Gasteiger partial charge in [-0.05, 0) is 37.6 Å². The summed E-state index contributed by atoms with van der Waals surface area (Å²) < 4.78 is 17.2. The van der Waals surface area contributed by atoms with Crippen LogP contribution in [-0.2, 0) is 16.0 Å². The first-order chi connectivity index (χ1) is 9.80. The SMILES string of the molecule is CCOc1cccc(CN2CCCC3(C2)OCCO3)c1. The number of ether oxygens (including phenoxy) is 3. The van der Waals surface area contributed by atoms with Crippen LogP contribution in [-0.4, -0.2) is 43.6 Å². The molecule has 3 rings (SSSR count). The topological polar surface area (TPSA) is 30.9 Å². The molecule has 0 amide bonds. The van der Waals surface area contributed by atoms with Gasteiger partial charge in [-0.15, -0.1) is 0 Å². The lowest BCUT2D eigenvalue weighted by Gasteiger charge is -2.38. The molecule has 20 heavy (non-hydrogen) atoms. The molecule has 0 unspecified atom stereocenters. The zero-order valence-electron chi connectivity index (χ0n) is 12.1. The Morgan fingerprint density at radius 3 is 2.95 bits per heavy atom. The standard InChI is InChI=1S/C16H23NO3/c1-2-18-15-6-3-5-14(11-15)12-17-8-4-7-16(13-17)19-9-10-20-16/h3,5-6,11H,2,4,7-10,12-13H2,1H3. The first kappa shape index (κ1) is 13.9. The van der Waals surface area contributed by atoms with E-state index in [1.165, 1.54) is 5.56 Å². The van der Waals surface area contributed by atoms with Crippen LogP contribution in [0, 0.1) is 0 Å². The van der Waals surface area contributed by atoms with Crippen LogP contribution in [0.1, 0.15) is 25.3 Å². The Bertz CT molecular complexity index is 443. The van der Waals surface area contributed by atoms with Gasteiger partial charge in [-0.1, -0.05) is 12.1 Å². The van der Waals surface area contributed by atoms with E-state index in [2.05, 4.69) is 23.1 Å². The molecule has 1 aromatic carbocycles. The molecule has 0 N–H and O–H groups in total. The van der Waals surface area contributed by atoms with Gasteiger partial charge >= 0.3 is 0 Å². The highest BCUT2D eigenvalue weighted by Crippen LogP contribution is 2.30. The number of hydrogen-bond donors (Lipinski definition) is 0. The van der Waals surface area contributed by atoms with Gasteiger partial charge in [-0.25, -0.2) is 0 Å². The Balaban J connectivity index is 1.63. The van der Waals surface area contributed by atoms with Gasteiger partial charge in [0.05, 0.1) is 26.4 Å². The van der Waals surface area contributed by atoms with Crippen LogP contribution in [0.4, 0.5) is 0 Å². The third-order valence-corrected chi connectivity index (χ3v) is 3.93. The molecule has 2 aliphatic rings. The van der Waals surface area contributed by atoms with E-state index in [1.54, 1.807) is 0 Å². The van der Waals surface area contributed by atoms with Crippen LogP contribution >= 0.6 is 0 Å². The average Bonchev–Trinajstić information content (AvgIpc) is 2.87. The van der Waals surface area contributed by atoms with Crippen LogP contribution in [0.15, 0.2) is 24.3 Å². The summed E-state index contributed by atoms with van der Waals surface area (Å²) in [5, 5.41) is 0. The highest BCUT2D eigenvalue weighted by atomic mass is 16.7. The summed E-state index contributed by atoms with van der Waals surface area (Å²) >= 11 is 0. The van der Waals surface area contributed by atoms with Gasteiger partial charge in [0.15, 0.2) is 5.79 Å². The summed E-state index contributed by atoms with van der Waals surface area (Å²) in [6.45, 7) is 7.07. The summed E-state index contributed by atoms with van der Waals surface area (Å²) in [5.41, 5.74) is 1.28. The fraction of sp³-hybridized carbons (Fsp3) is 0.625. The quantitative estimate of drug-likeness (QED) is 0.846. The molecule has 1 aromatic rings. The minimum Gasteiger partial charge on any atom is -0.494 e. The monoisotopic (exact) mass is 277 g/mol. The smallest absolute Gasteiger partial charge is 0.181 e. The van der Waals surface area contributed by atoms with Crippen LogP contribution in [0.2, 0.25) is 0 Å². The third-order valence-electron chi connectivity index (χ3n) is 3.93. The normalized spacial score (nSPS) is 22.2. The van der Waals surface area contributed by atoms with E-state index < -0.39 is 0 Å². The Hall–Kier alpha value is -1.10. The van der Waals surface area contributed by atoms with E-state index >= 15 is 0 Å². The van der Waals surface area contributed by atoms with Gasteiger partial charge in [0.1, 0.15) is 5.75 Å². The summed E-state index contributed by atoms with van der Waals surface area (Å²) in [6.07, 6.45) is 2.15. The van der Waals surface area contributed by atoms with E-state index in [9.17, 15) is 0 Å². The molecule has 2 heterocycles. The van der Waals surface area contributed by atoms with E-state index in [4.69, 9.17) is 14.2 Å². The van der Waals surface area contributed by atoms with Gasteiger partial charge in [0.2, 0.25) is 0 Å². The number of nitrogens with zero attached hydrogens (tertiary/aromatic N) is 1. The Labute approximate surface area is 120 Å². The molecule has 0 radical (unpaired) electrons. The number of piperidine rings is 1. The van der Waals surface area contributed by atoms with Crippen LogP contribution in [0.25, 0.3) is 0 Å². The summed E-state index contributed by atoms with van der Waals surface area (Å²) in [5.74, 6) is 0.612. The maximum Gasteiger partial charge on any atom is 0.181 e. The second kappa shape index (κ2) is 6.12. The van der Waals surface area contributed by atoms with E-state index in [-0.39, 0.29) is 5.79 Å². The van der Waals surface area contributed by atoms with E-state index in [0.717, 1.165) is 51.4 Å². The molecule has 1 spiro atoms. The van der Waals surface area contributed by atoms with Crippen molar-refractivity contribution >= 4 is 0 Å². The molecule has 0 atom stereocenters.